The second-order valence-electron chi connectivity index (χ2n) is 9.37. The van der Waals surface area contributed by atoms with Crippen LogP contribution in [0.3, 0.4) is 0 Å². The van der Waals surface area contributed by atoms with Gasteiger partial charge in [0.2, 0.25) is 0 Å². The Balaban J connectivity index is 1.92. The van der Waals surface area contributed by atoms with Gasteiger partial charge >= 0.3 is 11.9 Å². The van der Waals surface area contributed by atoms with E-state index in [9.17, 15) is 14.9 Å². The molecule has 0 saturated heterocycles. The van der Waals surface area contributed by atoms with Crippen molar-refractivity contribution in [2.45, 2.75) is 25.2 Å². The fraction of sp³-hybridized carbons (Fsp3) is 0.194. The Morgan fingerprint density at radius 2 is 1.37 bits per heavy atom. The van der Waals surface area contributed by atoms with Gasteiger partial charge < -0.3 is 15.2 Å². The first kappa shape index (κ1) is 26.2. The van der Waals surface area contributed by atoms with Crippen LogP contribution in [0.25, 0.3) is 0 Å². The molecule has 1 heterocycles. The summed E-state index contributed by atoms with van der Waals surface area (Å²) in [6.07, 6.45) is 0. The van der Waals surface area contributed by atoms with E-state index < -0.39 is 17.9 Å². The van der Waals surface area contributed by atoms with E-state index in [2.05, 4.69) is 32.0 Å². The number of hydrogen-bond acceptors (Lipinski definition) is 7. The van der Waals surface area contributed by atoms with Gasteiger partial charge in [-0.25, -0.2) is 9.59 Å². The zero-order chi connectivity index (χ0) is 27.4. The van der Waals surface area contributed by atoms with E-state index in [0.29, 0.717) is 11.3 Å². The van der Waals surface area contributed by atoms with Crippen LogP contribution in [0.4, 0.5) is 5.69 Å². The van der Waals surface area contributed by atoms with Crippen molar-refractivity contribution in [2.24, 2.45) is 5.73 Å². The van der Waals surface area contributed by atoms with E-state index >= 15 is 0 Å². The average Bonchev–Trinajstić information content (AvgIpc) is 2.96. The van der Waals surface area contributed by atoms with Gasteiger partial charge in [0.15, 0.2) is 0 Å². The number of nitrogens with two attached hydrogens (primary N) is 1. The number of esters is 2. The van der Waals surface area contributed by atoms with Crippen LogP contribution in [0.15, 0.2) is 108 Å². The molecular weight excluding hydrogens is 478 g/mol. The topological polar surface area (TPSA) is 106 Å². The highest BCUT2D eigenvalue weighted by Crippen LogP contribution is 2.43. The largest absolute Gasteiger partial charge is 0.466 e. The lowest BCUT2D eigenvalue weighted by Gasteiger charge is -2.36. The maximum absolute atomic E-state index is 13.2. The second kappa shape index (κ2) is 10.7. The Morgan fingerprint density at radius 1 is 0.842 bits per heavy atom. The predicted octanol–water partition coefficient (Wildman–Crippen LogP) is 4.91. The lowest BCUT2D eigenvalue weighted by molar-refractivity contribution is -0.139. The van der Waals surface area contributed by atoms with Crippen LogP contribution < -0.4 is 10.6 Å². The maximum atomic E-state index is 13.2. The maximum Gasteiger partial charge on any atom is 0.355 e. The quantitative estimate of drug-likeness (QED) is 0.473. The highest BCUT2D eigenvalue weighted by Gasteiger charge is 2.43. The SMILES string of the molecule is COC(=O)C1=C(C(=O)OC)N(c2ccc(C(C)(C)c3ccccc3)cc2)C(N)=C(C#N)C1c1ccccc1. The van der Waals surface area contributed by atoms with E-state index in [1.165, 1.54) is 19.1 Å². The molecule has 0 aliphatic carbocycles. The molecular formula is C31H29N3O4. The first-order valence-electron chi connectivity index (χ1n) is 12.1. The molecule has 1 aliphatic rings. The summed E-state index contributed by atoms with van der Waals surface area (Å²) >= 11 is 0. The Bertz CT molecular complexity index is 1450. The molecule has 0 radical (unpaired) electrons. The predicted molar refractivity (Wildman–Crippen MR) is 145 cm³/mol. The molecule has 0 saturated carbocycles. The Labute approximate surface area is 222 Å². The van der Waals surface area contributed by atoms with Crippen molar-refractivity contribution >= 4 is 17.6 Å². The first-order valence-corrected chi connectivity index (χ1v) is 12.1. The summed E-state index contributed by atoms with van der Waals surface area (Å²) in [6.45, 7) is 4.25. The number of anilines is 1. The molecule has 1 atom stereocenters. The summed E-state index contributed by atoms with van der Waals surface area (Å²) in [4.78, 5) is 27.8. The first-order chi connectivity index (χ1) is 18.3. The van der Waals surface area contributed by atoms with E-state index in [1.807, 2.05) is 48.5 Å². The number of rotatable bonds is 6. The number of hydrogen-bond donors (Lipinski definition) is 1. The number of ether oxygens (including phenoxy) is 2. The fourth-order valence-corrected chi connectivity index (χ4v) is 4.83. The summed E-state index contributed by atoms with van der Waals surface area (Å²) in [5, 5.41) is 10.2. The Morgan fingerprint density at radius 3 is 1.89 bits per heavy atom. The zero-order valence-electron chi connectivity index (χ0n) is 21.8. The van der Waals surface area contributed by atoms with Crippen molar-refractivity contribution < 1.29 is 19.1 Å². The van der Waals surface area contributed by atoms with Crippen molar-refractivity contribution in [1.29, 1.82) is 5.26 Å². The molecule has 3 aromatic rings. The molecule has 7 heteroatoms. The third kappa shape index (κ3) is 4.53. The van der Waals surface area contributed by atoms with Gasteiger partial charge in [-0.1, -0.05) is 86.6 Å². The number of nitrogens with zero attached hydrogens (tertiary/aromatic N) is 2. The van der Waals surface area contributed by atoms with Gasteiger partial charge in [0.05, 0.1) is 37.4 Å². The van der Waals surface area contributed by atoms with Crippen LogP contribution in [0, 0.1) is 11.3 Å². The third-order valence-electron chi connectivity index (χ3n) is 6.95. The molecule has 1 unspecified atom stereocenters. The number of carbonyl (C=O) groups excluding carboxylic acids is 2. The minimum absolute atomic E-state index is 0.0232. The third-order valence-corrected chi connectivity index (χ3v) is 6.95. The standard InChI is InChI=1S/C31H29N3O4/c1-31(2,21-13-9-6-10-14-21)22-15-17-23(18-16-22)34-27(30(36)38-4)26(29(35)37-3)25(24(19-32)28(34)33)20-11-7-5-8-12-20/h5-18,25H,33H2,1-4H3. The number of nitriles is 1. The van der Waals surface area contributed by atoms with Gasteiger partial charge in [0.1, 0.15) is 11.5 Å². The van der Waals surface area contributed by atoms with Crippen LogP contribution in [0.1, 0.15) is 36.5 Å². The van der Waals surface area contributed by atoms with E-state index in [1.54, 1.807) is 24.3 Å². The van der Waals surface area contributed by atoms with Gasteiger partial charge in [-0.2, -0.15) is 5.26 Å². The van der Waals surface area contributed by atoms with Crippen molar-refractivity contribution in [3.63, 3.8) is 0 Å². The van der Waals surface area contributed by atoms with Crippen LogP contribution in [-0.2, 0) is 24.5 Å². The average molecular weight is 508 g/mol. The molecule has 0 aromatic heterocycles. The Kier molecular flexibility index (Phi) is 7.35. The molecule has 0 spiro atoms. The summed E-state index contributed by atoms with van der Waals surface area (Å²) in [6, 6.07) is 28.7. The highest BCUT2D eigenvalue weighted by atomic mass is 16.5. The van der Waals surface area contributed by atoms with Crippen molar-refractivity contribution in [3.8, 4) is 6.07 Å². The number of methoxy groups -OCH3 is 2. The van der Waals surface area contributed by atoms with Gasteiger partial charge in [-0.15, -0.1) is 0 Å². The van der Waals surface area contributed by atoms with Crippen molar-refractivity contribution in [2.75, 3.05) is 19.1 Å². The van der Waals surface area contributed by atoms with E-state index in [4.69, 9.17) is 15.2 Å². The monoisotopic (exact) mass is 507 g/mol. The lowest BCUT2D eigenvalue weighted by atomic mass is 9.78. The van der Waals surface area contributed by atoms with E-state index in [-0.39, 0.29) is 28.1 Å². The highest BCUT2D eigenvalue weighted by molar-refractivity contribution is 6.06. The summed E-state index contributed by atoms with van der Waals surface area (Å²) < 4.78 is 10.2. The molecule has 2 N–H and O–H groups in total. The van der Waals surface area contributed by atoms with Crippen molar-refractivity contribution in [1.82, 2.24) is 0 Å². The molecule has 1 aliphatic heterocycles. The van der Waals surface area contributed by atoms with Crippen LogP contribution in [0.2, 0.25) is 0 Å². The summed E-state index contributed by atoms with van der Waals surface area (Å²) in [5.41, 5.74) is 9.59. The molecule has 4 rings (SSSR count). The molecule has 192 valence electrons. The van der Waals surface area contributed by atoms with Crippen LogP contribution in [0.5, 0.6) is 0 Å². The number of carbonyl (C=O) groups is 2. The molecule has 38 heavy (non-hydrogen) atoms. The Hall–Kier alpha value is -4.83. The molecule has 0 bridgehead atoms. The molecule has 0 amide bonds. The van der Waals surface area contributed by atoms with Gasteiger partial charge in [0.25, 0.3) is 0 Å². The van der Waals surface area contributed by atoms with E-state index in [0.717, 1.165) is 11.1 Å². The van der Waals surface area contributed by atoms with Gasteiger partial charge in [0, 0.05) is 11.1 Å². The molecule has 3 aromatic carbocycles. The van der Waals surface area contributed by atoms with Gasteiger partial charge in [-0.3, -0.25) is 4.90 Å². The fourth-order valence-electron chi connectivity index (χ4n) is 4.83. The number of benzene rings is 3. The van der Waals surface area contributed by atoms with Crippen LogP contribution >= 0.6 is 0 Å². The minimum atomic E-state index is -0.907. The van der Waals surface area contributed by atoms with Crippen LogP contribution in [-0.4, -0.2) is 26.2 Å². The lowest BCUT2D eigenvalue weighted by Crippen LogP contribution is -2.40. The minimum Gasteiger partial charge on any atom is -0.466 e. The number of allylic oxidation sites excluding steroid dienone is 1. The smallest absolute Gasteiger partial charge is 0.355 e. The summed E-state index contributed by atoms with van der Waals surface area (Å²) in [5.74, 6) is -2.41. The molecule has 7 nitrogen and oxygen atoms in total. The second-order valence-corrected chi connectivity index (χ2v) is 9.37. The van der Waals surface area contributed by atoms with Gasteiger partial charge in [-0.05, 0) is 28.8 Å². The normalized spacial score (nSPS) is 15.7. The molecule has 0 fully saturated rings. The zero-order valence-corrected chi connectivity index (χ0v) is 21.8. The summed E-state index contributed by atoms with van der Waals surface area (Å²) in [7, 11) is 2.45. The van der Waals surface area contributed by atoms with Crippen molar-refractivity contribution in [3.05, 3.63) is 124 Å².